The summed E-state index contributed by atoms with van der Waals surface area (Å²) < 4.78 is 0. The zero-order valence-electron chi connectivity index (χ0n) is 11.7. The molecular formula is C18H17NO2. The van der Waals surface area contributed by atoms with Crippen molar-refractivity contribution < 1.29 is 9.63 Å². The largest absolute Gasteiger partial charge is 0.365 e. The highest BCUT2D eigenvalue weighted by Crippen LogP contribution is 2.09. The summed E-state index contributed by atoms with van der Waals surface area (Å²) in [4.78, 5) is 17.0. The van der Waals surface area contributed by atoms with E-state index >= 15 is 0 Å². The van der Waals surface area contributed by atoms with Crippen molar-refractivity contribution in [1.29, 1.82) is 0 Å². The summed E-state index contributed by atoms with van der Waals surface area (Å²) in [5.74, 6) is -0.456. The van der Waals surface area contributed by atoms with Gasteiger partial charge in [-0.2, -0.15) is 0 Å². The lowest BCUT2D eigenvalue weighted by molar-refractivity contribution is 0.0516. The minimum Gasteiger partial charge on any atom is -0.313 e. The summed E-state index contributed by atoms with van der Waals surface area (Å²) in [6.45, 7) is 3.71. The van der Waals surface area contributed by atoms with Crippen LogP contribution in [0.1, 0.15) is 28.8 Å². The molecule has 0 aromatic heterocycles. The molecule has 0 N–H and O–H groups in total. The van der Waals surface area contributed by atoms with Gasteiger partial charge in [-0.15, -0.1) is 6.58 Å². The molecule has 2 aromatic carbocycles. The van der Waals surface area contributed by atoms with E-state index in [0.717, 1.165) is 17.7 Å². The molecule has 2 aromatic rings. The van der Waals surface area contributed by atoms with Gasteiger partial charge in [-0.3, -0.25) is 0 Å². The average Bonchev–Trinajstić information content (AvgIpc) is 2.56. The fourth-order valence-corrected chi connectivity index (χ4v) is 1.84. The SMILES string of the molecule is C=CCC/C(=N\OC(=O)c1ccccc1)c1ccccc1. The molecule has 0 heterocycles. The van der Waals surface area contributed by atoms with E-state index in [-0.39, 0.29) is 0 Å². The maximum Gasteiger partial charge on any atom is 0.365 e. The number of hydrogen-bond acceptors (Lipinski definition) is 3. The Balaban J connectivity index is 2.13. The second-order valence-electron chi connectivity index (χ2n) is 4.48. The summed E-state index contributed by atoms with van der Waals surface area (Å²) >= 11 is 0. The third kappa shape index (κ3) is 4.42. The molecule has 0 radical (unpaired) electrons. The molecule has 0 amide bonds. The van der Waals surface area contributed by atoms with Crippen molar-refractivity contribution >= 4 is 11.7 Å². The van der Waals surface area contributed by atoms with Crippen LogP contribution in [-0.2, 0) is 4.84 Å². The molecule has 21 heavy (non-hydrogen) atoms. The molecule has 0 fully saturated rings. The fourth-order valence-electron chi connectivity index (χ4n) is 1.84. The van der Waals surface area contributed by atoms with Gasteiger partial charge in [-0.1, -0.05) is 59.8 Å². The maximum atomic E-state index is 11.9. The highest BCUT2D eigenvalue weighted by molar-refractivity contribution is 6.01. The van der Waals surface area contributed by atoms with Crippen LogP contribution in [0.25, 0.3) is 0 Å². The predicted molar refractivity (Wildman–Crippen MR) is 84.3 cm³/mol. The van der Waals surface area contributed by atoms with E-state index in [1.165, 1.54) is 0 Å². The minimum absolute atomic E-state index is 0.456. The molecule has 0 aliphatic rings. The topological polar surface area (TPSA) is 38.7 Å². The zero-order chi connectivity index (χ0) is 14.9. The Morgan fingerprint density at radius 3 is 2.14 bits per heavy atom. The van der Waals surface area contributed by atoms with Crippen LogP contribution >= 0.6 is 0 Å². The summed E-state index contributed by atoms with van der Waals surface area (Å²) in [7, 11) is 0. The van der Waals surface area contributed by atoms with Gasteiger partial charge in [0.05, 0.1) is 11.3 Å². The lowest BCUT2D eigenvalue weighted by atomic mass is 10.1. The first-order chi connectivity index (χ1) is 10.3. The van der Waals surface area contributed by atoms with E-state index in [1.54, 1.807) is 24.3 Å². The van der Waals surface area contributed by atoms with Crippen molar-refractivity contribution in [3.05, 3.63) is 84.4 Å². The van der Waals surface area contributed by atoms with Gasteiger partial charge in [-0.05, 0) is 30.5 Å². The molecule has 0 aliphatic carbocycles. The Morgan fingerprint density at radius 1 is 1.00 bits per heavy atom. The Kier molecular flexibility index (Phi) is 5.47. The molecule has 0 saturated carbocycles. The van der Waals surface area contributed by atoms with Crippen LogP contribution in [0.5, 0.6) is 0 Å². The second kappa shape index (κ2) is 7.80. The van der Waals surface area contributed by atoms with Gasteiger partial charge < -0.3 is 4.84 Å². The van der Waals surface area contributed by atoms with Crippen LogP contribution in [0.15, 0.2) is 78.5 Å². The van der Waals surface area contributed by atoms with Gasteiger partial charge >= 0.3 is 5.97 Å². The van der Waals surface area contributed by atoms with Gasteiger partial charge in [0.2, 0.25) is 0 Å². The predicted octanol–water partition coefficient (Wildman–Crippen LogP) is 4.21. The molecule has 0 atom stereocenters. The van der Waals surface area contributed by atoms with E-state index in [0.29, 0.717) is 12.0 Å². The molecule has 0 saturated heterocycles. The smallest absolute Gasteiger partial charge is 0.313 e. The Bertz CT molecular complexity index is 618. The van der Waals surface area contributed by atoms with Crippen LogP contribution < -0.4 is 0 Å². The molecule has 106 valence electrons. The lowest BCUT2D eigenvalue weighted by Crippen LogP contribution is -2.06. The van der Waals surface area contributed by atoms with E-state index in [9.17, 15) is 4.79 Å². The number of carbonyl (C=O) groups excluding carboxylic acids is 1. The van der Waals surface area contributed by atoms with Crippen molar-refractivity contribution in [1.82, 2.24) is 0 Å². The highest BCUT2D eigenvalue weighted by Gasteiger charge is 2.08. The van der Waals surface area contributed by atoms with Gasteiger partial charge in [-0.25, -0.2) is 4.79 Å². The lowest BCUT2D eigenvalue weighted by Gasteiger charge is -2.05. The van der Waals surface area contributed by atoms with E-state index in [2.05, 4.69) is 11.7 Å². The van der Waals surface area contributed by atoms with Crippen molar-refractivity contribution in [3.63, 3.8) is 0 Å². The molecular weight excluding hydrogens is 262 g/mol. The number of carbonyl (C=O) groups is 1. The number of benzene rings is 2. The van der Waals surface area contributed by atoms with Crippen LogP contribution in [0.3, 0.4) is 0 Å². The number of oxime groups is 1. The Labute approximate surface area is 124 Å². The van der Waals surface area contributed by atoms with Crippen LogP contribution in [0.4, 0.5) is 0 Å². The average molecular weight is 279 g/mol. The zero-order valence-corrected chi connectivity index (χ0v) is 11.7. The summed E-state index contributed by atoms with van der Waals surface area (Å²) in [5.41, 5.74) is 2.16. The summed E-state index contributed by atoms with van der Waals surface area (Å²) in [6.07, 6.45) is 3.27. The second-order valence-corrected chi connectivity index (χ2v) is 4.48. The Hall–Kier alpha value is -2.68. The molecule has 3 nitrogen and oxygen atoms in total. The first-order valence-corrected chi connectivity index (χ1v) is 6.81. The van der Waals surface area contributed by atoms with Gasteiger partial charge in [0, 0.05) is 0 Å². The van der Waals surface area contributed by atoms with Crippen molar-refractivity contribution in [2.45, 2.75) is 12.8 Å². The van der Waals surface area contributed by atoms with Crippen molar-refractivity contribution in [3.8, 4) is 0 Å². The molecule has 0 spiro atoms. The van der Waals surface area contributed by atoms with E-state index < -0.39 is 5.97 Å². The third-order valence-electron chi connectivity index (χ3n) is 2.94. The number of allylic oxidation sites excluding steroid dienone is 1. The molecule has 2 rings (SSSR count). The Morgan fingerprint density at radius 2 is 1.57 bits per heavy atom. The monoisotopic (exact) mass is 279 g/mol. The normalized spacial score (nSPS) is 11.0. The minimum atomic E-state index is -0.456. The molecule has 0 aliphatic heterocycles. The molecule has 3 heteroatoms. The first-order valence-electron chi connectivity index (χ1n) is 6.81. The maximum absolute atomic E-state index is 11.9. The van der Waals surface area contributed by atoms with E-state index in [4.69, 9.17) is 4.84 Å². The van der Waals surface area contributed by atoms with Crippen LogP contribution in [0.2, 0.25) is 0 Å². The third-order valence-corrected chi connectivity index (χ3v) is 2.94. The van der Waals surface area contributed by atoms with E-state index in [1.807, 2.05) is 42.5 Å². The molecule has 0 bridgehead atoms. The van der Waals surface area contributed by atoms with Gasteiger partial charge in [0.25, 0.3) is 0 Å². The number of rotatable bonds is 6. The summed E-state index contributed by atoms with van der Waals surface area (Å²) in [6, 6.07) is 18.5. The number of nitrogens with zero attached hydrogens (tertiary/aromatic N) is 1. The number of hydrogen-bond donors (Lipinski definition) is 0. The van der Waals surface area contributed by atoms with Crippen molar-refractivity contribution in [2.75, 3.05) is 0 Å². The van der Waals surface area contributed by atoms with Crippen LogP contribution in [0, 0.1) is 0 Å². The quantitative estimate of drug-likeness (QED) is 0.344. The molecule has 0 unspecified atom stereocenters. The fraction of sp³-hybridized carbons (Fsp3) is 0.111. The van der Waals surface area contributed by atoms with Crippen LogP contribution in [-0.4, -0.2) is 11.7 Å². The van der Waals surface area contributed by atoms with Gasteiger partial charge in [0.1, 0.15) is 0 Å². The first kappa shape index (κ1) is 14.7. The van der Waals surface area contributed by atoms with Gasteiger partial charge in [0.15, 0.2) is 0 Å². The standard InChI is InChI=1S/C18H17NO2/c1-2-3-14-17(15-10-6-4-7-11-15)19-21-18(20)16-12-8-5-9-13-16/h2,4-13H,1,3,14H2/b19-17+. The highest BCUT2D eigenvalue weighted by atomic mass is 16.7. The van der Waals surface area contributed by atoms with Crippen molar-refractivity contribution in [2.24, 2.45) is 5.16 Å². The summed E-state index contributed by atoms with van der Waals surface area (Å²) in [5, 5.41) is 4.03.